The SMILES string of the molecule is Cc1cccc([C@@H]2c3[nH]c4ccccc4c3CCN2C(=O)CCN2CCCCO2)n1. The number of rotatable bonds is 4. The van der Waals surface area contributed by atoms with Crippen molar-refractivity contribution in [3.63, 3.8) is 0 Å². The Hall–Kier alpha value is -2.70. The average Bonchev–Trinajstić information content (AvgIpc) is 3.16. The number of pyridine rings is 1. The highest BCUT2D eigenvalue weighted by Crippen LogP contribution is 2.38. The number of aromatic amines is 1. The summed E-state index contributed by atoms with van der Waals surface area (Å²) in [6.45, 7) is 5.00. The predicted molar refractivity (Wildman–Crippen MR) is 116 cm³/mol. The fraction of sp³-hybridized carbons (Fsp3) is 0.417. The lowest BCUT2D eigenvalue weighted by molar-refractivity contribution is -0.182. The Morgan fingerprint density at radius 2 is 2.07 bits per heavy atom. The lowest BCUT2D eigenvalue weighted by atomic mass is 9.94. The molecule has 0 saturated carbocycles. The van der Waals surface area contributed by atoms with E-state index < -0.39 is 0 Å². The summed E-state index contributed by atoms with van der Waals surface area (Å²) in [6, 6.07) is 14.3. The Balaban J connectivity index is 1.47. The highest BCUT2D eigenvalue weighted by atomic mass is 16.7. The van der Waals surface area contributed by atoms with Crippen LogP contribution in [0, 0.1) is 6.92 Å². The van der Waals surface area contributed by atoms with Crippen molar-refractivity contribution in [2.45, 2.75) is 38.6 Å². The lowest BCUT2D eigenvalue weighted by Crippen LogP contribution is -2.42. The summed E-state index contributed by atoms with van der Waals surface area (Å²) in [6.07, 6.45) is 3.54. The van der Waals surface area contributed by atoms with Crippen LogP contribution in [-0.4, -0.2) is 52.1 Å². The maximum atomic E-state index is 13.3. The van der Waals surface area contributed by atoms with Crippen LogP contribution in [0.3, 0.4) is 0 Å². The number of hydroxylamine groups is 2. The van der Waals surface area contributed by atoms with Crippen molar-refractivity contribution < 1.29 is 9.63 Å². The molecule has 6 heteroatoms. The van der Waals surface area contributed by atoms with Crippen molar-refractivity contribution in [3.8, 4) is 0 Å². The Morgan fingerprint density at radius 1 is 1.17 bits per heavy atom. The van der Waals surface area contributed by atoms with E-state index >= 15 is 0 Å². The highest BCUT2D eigenvalue weighted by molar-refractivity contribution is 5.86. The van der Waals surface area contributed by atoms with Gasteiger partial charge in [0, 0.05) is 48.3 Å². The second-order valence-electron chi connectivity index (χ2n) is 8.23. The van der Waals surface area contributed by atoms with Gasteiger partial charge in [-0.1, -0.05) is 24.3 Å². The number of benzene rings is 1. The van der Waals surface area contributed by atoms with Gasteiger partial charge in [0.05, 0.1) is 12.3 Å². The Kier molecular flexibility index (Phi) is 5.27. The molecule has 1 aromatic carbocycles. The molecular weight excluding hydrogens is 376 g/mol. The Morgan fingerprint density at radius 3 is 2.90 bits per heavy atom. The third kappa shape index (κ3) is 3.61. The molecule has 1 atom stereocenters. The first-order valence-corrected chi connectivity index (χ1v) is 10.9. The largest absolute Gasteiger partial charge is 0.356 e. The van der Waals surface area contributed by atoms with Crippen LogP contribution in [0.2, 0.25) is 0 Å². The van der Waals surface area contributed by atoms with Crippen LogP contribution in [0.4, 0.5) is 0 Å². The highest BCUT2D eigenvalue weighted by Gasteiger charge is 2.35. The molecule has 6 nitrogen and oxygen atoms in total. The molecule has 2 aromatic heterocycles. The van der Waals surface area contributed by atoms with Gasteiger partial charge in [-0.25, -0.2) is 0 Å². The normalized spacial score (nSPS) is 19.8. The van der Waals surface area contributed by atoms with Crippen molar-refractivity contribution in [3.05, 3.63) is 65.1 Å². The van der Waals surface area contributed by atoms with Gasteiger partial charge >= 0.3 is 0 Å². The molecule has 1 N–H and O–H groups in total. The van der Waals surface area contributed by atoms with Crippen LogP contribution in [0.15, 0.2) is 42.5 Å². The van der Waals surface area contributed by atoms with Gasteiger partial charge in [0.1, 0.15) is 6.04 Å². The molecule has 1 amide bonds. The molecule has 0 spiro atoms. The topological polar surface area (TPSA) is 61.5 Å². The van der Waals surface area contributed by atoms with E-state index in [-0.39, 0.29) is 11.9 Å². The average molecular weight is 405 g/mol. The third-order valence-corrected chi connectivity index (χ3v) is 6.20. The first kappa shape index (κ1) is 19.3. The van der Waals surface area contributed by atoms with E-state index in [0.29, 0.717) is 19.5 Å². The Bertz CT molecular complexity index is 1050. The molecule has 30 heavy (non-hydrogen) atoms. The van der Waals surface area contributed by atoms with E-state index in [1.807, 2.05) is 41.2 Å². The van der Waals surface area contributed by atoms with Gasteiger partial charge in [-0.2, -0.15) is 5.06 Å². The Labute approximate surface area is 176 Å². The molecule has 4 heterocycles. The van der Waals surface area contributed by atoms with Crippen molar-refractivity contribution in [2.75, 3.05) is 26.2 Å². The first-order valence-electron chi connectivity index (χ1n) is 10.9. The van der Waals surface area contributed by atoms with Crippen LogP contribution >= 0.6 is 0 Å². The molecule has 1 saturated heterocycles. The maximum Gasteiger partial charge on any atom is 0.224 e. The van der Waals surface area contributed by atoms with E-state index in [9.17, 15) is 4.79 Å². The summed E-state index contributed by atoms with van der Waals surface area (Å²) >= 11 is 0. The molecule has 0 bridgehead atoms. The predicted octanol–water partition coefficient (Wildman–Crippen LogP) is 3.76. The van der Waals surface area contributed by atoms with Crippen molar-refractivity contribution in [2.24, 2.45) is 0 Å². The summed E-state index contributed by atoms with van der Waals surface area (Å²) in [5.74, 6) is 0.154. The summed E-state index contributed by atoms with van der Waals surface area (Å²) in [4.78, 5) is 29.4. The zero-order valence-electron chi connectivity index (χ0n) is 17.4. The number of para-hydroxylation sites is 1. The number of carbonyl (C=O) groups is 1. The van der Waals surface area contributed by atoms with Gasteiger partial charge < -0.3 is 9.88 Å². The summed E-state index contributed by atoms with van der Waals surface area (Å²) in [5.41, 5.74) is 5.41. The van der Waals surface area contributed by atoms with Crippen LogP contribution in [0.1, 0.15) is 47.9 Å². The number of nitrogens with zero attached hydrogens (tertiary/aromatic N) is 3. The first-order chi connectivity index (χ1) is 14.7. The van der Waals surface area contributed by atoms with Gasteiger partial charge in [0.2, 0.25) is 5.91 Å². The third-order valence-electron chi connectivity index (χ3n) is 6.20. The molecule has 5 rings (SSSR count). The maximum absolute atomic E-state index is 13.3. The van der Waals surface area contributed by atoms with E-state index in [1.165, 1.54) is 10.9 Å². The number of H-pyrrole nitrogens is 1. The molecule has 1 fully saturated rings. The molecule has 2 aliphatic heterocycles. The van der Waals surface area contributed by atoms with Gasteiger partial charge in [0.15, 0.2) is 0 Å². The number of hydrogen-bond acceptors (Lipinski definition) is 4. The second kappa shape index (κ2) is 8.20. The fourth-order valence-corrected chi connectivity index (χ4v) is 4.72. The number of aryl methyl sites for hydroxylation is 1. The molecule has 2 aliphatic rings. The van der Waals surface area contributed by atoms with Gasteiger partial charge in [0.25, 0.3) is 0 Å². The summed E-state index contributed by atoms with van der Waals surface area (Å²) in [5, 5.41) is 3.19. The quantitative estimate of drug-likeness (QED) is 0.719. The molecule has 0 unspecified atom stereocenters. The minimum Gasteiger partial charge on any atom is -0.356 e. The number of hydrogen-bond donors (Lipinski definition) is 1. The minimum absolute atomic E-state index is 0.154. The van der Waals surface area contributed by atoms with Crippen LogP contribution in [0.5, 0.6) is 0 Å². The van der Waals surface area contributed by atoms with Crippen molar-refractivity contribution in [1.29, 1.82) is 0 Å². The van der Waals surface area contributed by atoms with Crippen LogP contribution < -0.4 is 0 Å². The zero-order valence-corrected chi connectivity index (χ0v) is 17.4. The molecule has 0 radical (unpaired) electrons. The number of aromatic nitrogens is 2. The number of nitrogens with one attached hydrogen (secondary N) is 1. The smallest absolute Gasteiger partial charge is 0.224 e. The molecule has 3 aromatic rings. The van der Waals surface area contributed by atoms with E-state index in [1.54, 1.807) is 0 Å². The van der Waals surface area contributed by atoms with Crippen molar-refractivity contribution >= 4 is 16.8 Å². The monoisotopic (exact) mass is 404 g/mol. The summed E-state index contributed by atoms with van der Waals surface area (Å²) in [7, 11) is 0. The van der Waals surface area contributed by atoms with E-state index in [0.717, 1.165) is 55.0 Å². The standard InChI is InChI=1S/C24H28N4O2/c1-17-7-6-10-21(25-17)24-23-19(18-8-2-3-9-20(18)26-23)11-15-28(24)22(29)12-14-27-13-4-5-16-30-27/h2-3,6-10,24,26H,4-5,11-16H2,1H3/t24-/m1/s1. The van der Waals surface area contributed by atoms with Gasteiger partial charge in [-0.05, 0) is 49.9 Å². The number of carbonyl (C=O) groups excluding carboxylic acids is 1. The van der Waals surface area contributed by atoms with Gasteiger partial charge in [-0.3, -0.25) is 14.6 Å². The summed E-state index contributed by atoms with van der Waals surface area (Å²) < 4.78 is 0. The zero-order chi connectivity index (χ0) is 20.5. The van der Waals surface area contributed by atoms with E-state index in [2.05, 4.69) is 23.2 Å². The molecule has 0 aliphatic carbocycles. The van der Waals surface area contributed by atoms with Crippen LogP contribution in [0.25, 0.3) is 10.9 Å². The second-order valence-corrected chi connectivity index (χ2v) is 8.23. The fourth-order valence-electron chi connectivity index (χ4n) is 4.72. The van der Waals surface area contributed by atoms with Gasteiger partial charge in [-0.15, -0.1) is 0 Å². The van der Waals surface area contributed by atoms with Crippen molar-refractivity contribution in [1.82, 2.24) is 19.9 Å². The van der Waals surface area contributed by atoms with Crippen LogP contribution in [-0.2, 0) is 16.1 Å². The number of fused-ring (bicyclic) bond motifs is 3. The molecular formula is C24H28N4O2. The minimum atomic E-state index is -0.184. The molecule has 156 valence electrons. The van der Waals surface area contributed by atoms with E-state index in [4.69, 9.17) is 9.82 Å². The lowest BCUT2D eigenvalue weighted by Gasteiger charge is -2.36. The number of amides is 1.